The first-order valence-corrected chi connectivity index (χ1v) is 7.40. The van der Waals surface area contributed by atoms with Crippen molar-refractivity contribution in [1.29, 1.82) is 5.41 Å². The van der Waals surface area contributed by atoms with Gasteiger partial charge >= 0.3 is 0 Å². The van der Waals surface area contributed by atoms with Crippen LogP contribution >= 0.6 is 0 Å². The molecule has 0 aromatic heterocycles. The largest absolute Gasteiger partial charge is 0.322 e. The molecular formula is C18H18N2. The van der Waals surface area contributed by atoms with E-state index < -0.39 is 0 Å². The highest BCUT2D eigenvalue weighted by Gasteiger charge is 2.27. The molecule has 2 nitrogen and oxygen atoms in total. The van der Waals surface area contributed by atoms with E-state index in [1.165, 1.54) is 41.6 Å². The zero-order valence-corrected chi connectivity index (χ0v) is 11.5. The molecule has 0 amide bonds. The number of anilines is 1. The Hall–Kier alpha value is -2.09. The zero-order valence-electron chi connectivity index (χ0n) is 11.5. The Balaban J connectivity index is 1.79. The van der Waals surface area contributed by atoms with Crippen molar-refractivity contribution in [2.45, 2.75) is 32.2 Å². The molecule has 0 saturated carbocycles. The first-order valence-electron chi connectivity index (χ1n) is 7.40. The summed E-state index contributed by atoms with van der Waals surface area (Å²) < 4.78 is 0. The van der Waals surface area contributed by atoms with Crippen LogP contribution in [0.15, 0.2) is 42.5 Å². The predicted octanol–water partition coefficient (Wildman–Crippen LogP) is 3.91. The molecule has 2 aliphatic rings. The molecule has 0 bridgehead atoms. The fourth-order valence-corrected chi connectivity index (χ4v) is 3.50. The molecule has 20 heavy (non-hydrogen) atoms. The highest BCUT2D eigenvalue weighted by atomic mass is 15.2. The third-order valence-electron chi connectivity index (χ3n) is 4.53. The van der Waals surface area contributed by atoms with Gasteiger partial charge in [-0.3, -0.25) is 5.41 Å². The second-order valence-electron chi connectivity index (χ2n) is 5.71. The average molecular weight is 262 g/mol. The summed E-state index contributed by atoms with van der Waals surface area (Å²) in [4.78, 5) is 2.18. The van der Waals surface area contributed by atoms with E-state index in [0.29, 0.717) is 5.84 Å². The van der Waals surface area contributed by atoms with Crippen molar-refractivity contribution >= 4 is 11.5 Å². The van der Waals surface area contributed by atoms with E-state index >= 15 is 0 Å². The van der Waals surface area contributed by atoms with E-state index in [1.54, 1.807) is 0 Å². The van der Waals surface area contributed by atoms with Crippen molar-refractivity contribution in [1.82, 2.24) is 0 Å². The van der Waals surface area contributed by atoms with Crippen LogP contribution in [0.1, 0.15) is 35.1 Å². The maximum absolute atomic E-state index is 8.47. The van der Waals surface area contributed by atoms with Crippen LogP contribution in [0.4, 0.5) is 5.69 Å². The molecule has 1 N–H and O–H groups in total. The minimum atomic E-state index is 0.652. The number of amidine groups is 1. The number of fused-ring (bicyclic) bond motifs is 2. The first-order chi connectivity index (χ1) is 9.84. The maximum atomic E-state index is 8.47. The van der Waals surface area contributed by atoms with Crippen molar-refractivity contribution in [3.63, 3.8) is 0 Å². The summed E-state index contributed by atoms with van der Waals surface area (Å²) in [5.41, 5.74) is 6.56. The average Bonchev–Trinajstić information content (AvgIpc) is 2.84. The topological polar surface area (TPSA) is 27.1 Å². The van der Waals surface area contributed by atoms with Crippen LogP contribution < -0.4 is 4.90 Å². The van der Waals surface area contributed by atoms with Gasteiger partial charge in [0.1, 0.15) is 5.84 Å². The molecule has 2 heteroatoms. The summed E-state index contributed by atoms with van der Waals surface area (Å²) in [5.74, 6) is 0.652. The second kappa shape index (κ2) is 4.48. The number of hydrogen-bond acceptors (Lipinski definition) is 1. The first kappa shape index (κ1) is 11.7. The van der Waals surface area contributed by atoms with E-state index in [1.807, 2.05) is 6.07 Å². The molecule has 0 radical (unpaired) electrons. The normalized spacial score (nSPS) is 17.0. The Morgan fingerprint density at radius 1 is 0.850 bits per heavy atom. The molecule has 4 rings (SSSR count). The van der Waals surface area contributed by atoms with Crippen LogP contribution in [0, 0.1) is 5.41 Å². The molecule has 100 valence electrons. The molecule has 1 aliphatic heterocycles. The minimum Gasteiger partial charge on any atom is -0.322 e. The maximum Gasteiger partial charge on any atom is 0.133 e. The zero-order chi connectivity index (χ0) is 13.5. The van der Waals surface area contributed by atoms with Gasteiger partial charge in [-0.1, -0.05) is 36.4 Å². The lowest BCUT2D eigenvalue weighted by atomic mass is 9.90. The van der Waals surface area contributed by atoms with Gasteiger partial charge in [0.2, 0.25) is 0 Å². The summed E-state index contributed by atoms with van der Waals surface area (Å²) in [6.07, 6.45) is 4.93. The Bertz CT molecular complexity index is 688. The van der Waals surface area contributed by atoms with Gasteiger partial charge in [-0.05, 0) is 48.4 Å². The summed E-state index contributed by atoms with van der Waals surface area (Å²) in [7, 11) is 0. The highest BCUT2D eigenvalue weighted by molar-refractivity contribution is 6.12. The molecule has 0 atom stereocenters. The highest BCUT2D eigenvalue weighted by Crippen LogP contribution is 2.35. The Morgan fingerprint density at radius 2 is 1.65 bits per heavy atom. The molecule has 0 spiro atoms. The number of hydrogen-bond donors (Lipinski definition) is 1. The molecule has 2 aromatic rings. The van der Waals surface area contributed by atoms with Gasteiger partial charge in [-0.2, -0.15) is 0 Å². The quantitative estimate of drug-likeness (QED) is 0.828. The number of nitrogens with one attached hydrogen (secondary N) is 1. The summed E-state index contributed by atoms with van der Waals surface area (Å²) in [6, 6.07) is 14.9. The van der Waals surface area contributed by atoms with Crippen LogP contribution in [0.2, 0.25) is 0 Å². The lowest BCUT2D eigenvalue weighted by Gasteiger charge is -2.26. The number of rotatable bonds is 1. The lowest BCUT2D eigenvalue weighted by molar-refractivity contribution is 0.684. The van der Waals surface area contributed by atoms with Crippen LogP contribution in [0.25, 0.3) is 0 Å². The Labute approximate surface area is 119 Å². The molecule has 1 heterocycles. The lowest BCUT2D eigenvalue weighted by Crippen LogP contribution is -2.25. The summed E-state index contributed by atoms with van der Waals surface area (Å²) >= 11 is 0. The van der Waals surface area contributed by atoms with E-state index in [2.05, 4.69) is 41.3 Å². The van der Waals surface area contributed by atoms with Crippen molar-refractivity contribution in [3.8, 4) is 0 Å². The van der Waals surface area contributed by atoms with Crippen molar-refractivity contribution in [2.24, 2.45) is 0 Å². The standard InChI is InChI=1S/C18H18N2/c19-18-16-10-4-2-7-14(16)12-20(18)17-11-5-8-13-6-1-3-9-15(13)17/h2,4-5,7-8,10-11,19H,1,3,6,9,12H2. The van der Waals surface area contributed by atoms with E-state index in [0.717, 1.165) is 18.5 Å². The van der Waals surface area contributed by atoms with Crippen LogP contribution in [0.3, 0.4) is 0 Å². The third-order valence-corrected chi connectivity index (χ3v) is 4.53. The fourth-order valence-electron chi connectivity index (χ4n) is 3.50. The van der Waals surface area contributed by atoms with Crippen molar-refractivity contribution in [3.05, 3.63) is 64.7 Å². The molecule has 0 fully saturated rings. The van der Waals surface area contributed by atoms with E-state index in [-0.39, 0.29) is 0 Å². The van der Waals surface area contributed by atoms with Crippen LogP contribution in [-0.2, 0) is 19.4 Å². The van der Waals surface area contributed by atoms with Crippen LogP contribution in [0.5, 0.6) is 0 Å². The second-order valence-corrected chi connectivity index (χ2v) is 5.71. The monoisotopic (exact) mass is 262 g/mol. The number of nitrogens with zero attached hydrogens (tertiary/aromatic N) is 1. The molecule has 0 unspecified atom stereocenters. The fraction of sp³-hybridized carbons (Fsp3) is 0.278. The summed E-state index contributed by atoms with van der Waals surface area (Å²) in [5, 5.41) is 8.47. The van der Waals surface area contributed by atoms with Gasteiger partial charge < -0.3 is 4.90 Å². The van der Waals surface area contributed by atoms with Gasteiger partial charge in [-0.25, -0.2) is 0 Å². The van der Waals surface area contributed by atoms with Gasteiger partial charge in [0.15, 0.2) is 0 Å². The molecular weight excluding hydrogens is 244 g/mol. The number of aryl methyl sites for hydroxylation is 1. The van der Waals surface area contributed by atoms with Gasteiger partial charge in [0, 0.05) is 11.3 Å². The van der Waals surface area contributed by atoms with E-state index in [9.17, 15) is 0 Å². The molecule has 0 saturated heterocycles. The summed E-state index contributed by atoms with van der Waals surface area (Å²) in [6.45, 7) is 0.839. The Morgan fingerprint density at radius 3 is 2.55 bits per heavy atom. The van der Waals surface area contributed by atoms with E-state index in [4.69, 9.17) is 5.41 Å². The predicted molar refractivity (Wildman–Crippen MR) is 82.5 cm³/mol. The third kappa shape index (κ3) is 1.68. The van der Waals surface area contributed by atoms with Gasteiger partial charge in [-0.15, -0.1) is 0 Å². The number of benzene rings is 2. The minimum absolute atomic E-state index is 0.652. The molecule has 2 aromatic carbocycles. The van der Waals surface area contributed by atoms with Crippen molar-refractivity contribution in [2.75, 3.05) is 4.90 Å². The Kier molecular flexibility index (Phi) is 2.62. The van der Waals surface area contributed by atoms with Gasteiger partial charge in [0.25, 0.3) is 0 Å². The van der Waals surface area contributed by atoms with Gasteiger partial charge in [0.05, 0.1) is 6.54 Å². The smallest absolute Gasteiger partial charge is 0.133 e. The van der Waals surface area contributed by atoms with Crippen LogP contribution in [-0.4, -0.2) is 5.84 Å². The SMILES string of the molecule is N=C1c2ccccc2CN1c1cccc2c1CCCC2. The van der Waals surface area contributed by atoms with Crippen molar-refractivity contribution < 1.29 is 0 Å². The molecule has 1 aliphatic carbocycles.